The lowest BCUT2D eigenvalue weighted by molar-refractivity contribution is -0.140. The smallest absolute Gasteiger partial charge is 0.194 e. The molecule has 1 aliphatic heterocycles. The zero-order valence-corrected chi connectivity index (χ0v) is 7.66. The second kappa shape index (κ2) is 2.01. The summed E-state index contributed by atoms with van der Waals surface area (Å²) in [5.74, 6) is 1.67. The average Bonchev–Trinajstić information content (AvgIpc) is 2.53. The number of halogens is 1. The molecule has 3 fully saturated rings. The van der Waals surface area contributed by atoms with Gasteiger partial charge < -0.3 is 4.74 Å². The number of rotatable bonds is 0. The highest BCUT2D eigenvalue weighted by molar-refractivity contribution is 9.09. The molecular weight excluding hydrogens is 208 g/mol. The molecule has 1 radical (unpaired) electrons. The van der Waals surface area contributed by atoms with Crippen molar-refractivity contribution in [3.8, 4) is 0 Å². The van der Waals surface area contributed by atoms with Crippen LogP contribution in [0.4, 0.5) is 0 Å². The van der Waals surface area contributed by atoms with Gasteiger partial charge in [0.05, 0.1) is 6.10 Å². The number of fused-ring (bicyclic) bond motifs is 1. The van der Waals surface area contributed by atoms with E-state index in [0.29, 0.717) is 16.7 Å². The summed E-state index contributed by atoms with van der Waals surface area (Å²) in [7, 11) is 0. The molecule has 11 heavy (non-hydrogen) atoms. The van der Waals surface area contributed by atoms with Crippen molar-refractivity contribution in [3.63, 3.8) is 0 Å². The van der Waals surface area contributed by atoms with Crippen LogP contribution < -0.4 is 0 Å². The minimum atomic E-state index is -0.711. The molecule has 2 nitrogen and oxygen atoms in total. The molecule has 5 unspecified atom stereocenters. The van der Waals surface area contributed by atoms with Crippen molar-refractivity contribution >= 4 is 15.9 Å². The van der Waals surface area contributed by atoms with Crippen molar-refractivity contribution in [2.45, 2.75) is 30.1 Å². The van der Waals surface area contributed by atoms with Crippen LogP contribution >= 0.6 is 15.9 Å². The molecule has 6 atom stereocenters. The summed E-state index contributed by atoms with van der Waals surface area (Å²) in [4.78, 5) is 0.475. The Hall–Kier alpha value is 0.400. The van der Waals surface area contributed by atoms with Crippen LogP contribution in [-0.2, 0) is 9.84 Å². The third-order valence-electron chi connectivity index (χ3n) is 3.53. The second-order valence-electron chi connectivity index (χ2n) is 3.97. The van der Waals surface area contributed by atoms with Crippen LogP contribution in [0.2, 0.25) is 0 Å². The van der Waals surface area contributed by atoms with Gasteiger partial charge in [0, 0.05) is 10.7 Å². The van der Waals surface area contributed by atoms with Gasteiger partial charge in [-0.15, -0.1) is 0 Å². The molecule has 0 aromatic carbocycles. The molecular formula is C8H10BrO2. The van der Waals surface area contributed by atoms with Gasteiger partial charge in [0.25, 0.3) is 0 Å². The Morgan fingerprint density at radius 3 is 2.64 bits per heavy atom. The minimum Gasteiger partial charge on any atom is -0.345 e. The molecule has 1 heterocycles. The number of hydrogen-bond donors (Lipinski definition) is 0. The first-order valence-electron chi connectivity index (χ1n) is 4.22. The Labute approximate surface area is 74.1 Å². The van der Waals surface area contributed by atoms with E-state index in [0.717, 1.165) is 12.3 Å². The maximum atomic E-state index is 11.3. The molecule has 3 rings (SSSR count). The van der Waals surface area contributed by atoms with Gasteiger partial charge in [0.1, 0.15) is 0 Å². The van der Waals surface area contributed by atoms with E-state index in [2.05, 4.69) is 15.9 Å². The highest BCUT2D eigenvalue weighted by Crippen LogP contribution is 2.58. The predicted octanol–water partition coefficient (Wildman–Crippen LogP) is 1.56. The van der Waals surface area contributed by atoms with Crippen molar-refractivity contribution in [2.75, 3.05) is 0 Å². The van der Waals surface area contributed by atoms with Crippen molar-refractivity contribution in [2.24, 2.45) is 17.8 Å². The first-order chi connectivity index (χ1) is 5.27. The Balaban J connectivity index is 1.98. The van der Waals surface area contributed by atoms with E-state index < -0.39 is 6.29 Å². The van der Waals surface area contributed by atoms with E-state index in [4.69, 9.17) is 4.74 Å². The fourth-order valence-corrected chi connectivity index (χ4v) is 3.98. The summed E-state index contributed by atoms with van der Waals surface area (Å²) >= 11 is 3.61. The van der Waals surface area contributed by atoms with Crippen LogP contribution in [0.3, 0.4) is 0 Å². The molecule has 2 aliphatic carbocycles. The SMILES string of the molecule is [O][C@H]1OC2C(Br)C3CC2C1C3. The summed E-state index contributed by atoms with van der Waals surface area (Å²) in [6.45, 7) is 0. The molecule has 0 aromatic rings. The van der Waals surface area contributed by atoms with E-state index in [1.165, 1.54) is 6.42 Å². The van der Waals surface area contributed by atoms with Gasteiger partial charge in [-0.2, -0.15) is 0 Å². The molecule has 0 spiro atoms. The molecule has 61 valence electrons. The highest BCUT2D eigenvalue weighted by Gasteiger charge is 2.60. The van der Waals surface area contributed by atoms with E-state index in [-0.39, 0.29) is 6.10 Å². The molecule has 3 heteroatoms. The monoisotopic (exact) mass is 217 g/mol. The summed E-state index contributed by atoms with van der Waals surface area (Å²) in [5, 5.41) is 11.3. The summed E-state index contributed by atoms with van der Waals surface area (Å²) < 4.78 is 5.35. The van der Waals surface area contributed by atoms with Gasteiger partial charge in [0.15, 0.2) is 6.29 Å². The van der Waals surface area contributed by atoms with Gasteiger partial charge in [-0.1, -0.05) is 15.9 Å². The maximum absolute atomic E-state index is 11.3. The fraction of sp³-hybridized carbons (Fsp3) is 1.00. The quantitative estimate of drug-likeness (QED) is 0.567. The van der Waals surface area contributed by atoms with E-state index in [9.17, 15) is 5.11 Å². The Bertz CT molecular complexity index is 197. The zero-order valence-electron chi connectivity index (χ0n) is 6.07. The Morgan fingerprint density at radius 2 is 2.00 bits per heavy atom. The van der Waals surface area contributed by atoms with Crippen molar-refractivity contribution in [1.29, 1.82) is 0 Å². The largest absolute Gasteiger partial charge is 0.345 e. The molecule has 2 bridgehead atoms. The Morgan fingerprint density at radius 1 is 1.27 bits per heavy atom. The van der Waals surface area contributed by atoms with Gasteiger partial charge in [-0.05, 0) is 24.7 Å². The van der Waals surface area contributed by atoms with Crippen molar-refractivity contribution in [1.82, 2.24) is 0 Å². The van der Waals surface area contributed by atoms with Gasteiger partial charge in [-0.25, -0.2) is 5.11 Å². The van der Waals surface area contributed by atoms with E-state index >= 15 is 0 Å². The van der Waals surface area contributed by atoms with Crippen LogP contribution in [0.5, 0.6) is 0 Å². The lowest BCUT2D eigenvalue weighted by Crippen LogP contribution is -2.26. The summed E-state index contributed by atoms with van der Waals surface area (Å²) in [6.07, 6.45) is 1.87. The van der Waals surface area contributed by atoms with E-state index in [1.807, 2.05) is 0 Å². The topological polar surface area (TPSA) is 29.1 Å². The number of alkyl halides is 1. The van der Waals surface area contributed by atoms with E-state index in [1.54, 1.807) is 0 Å². The fourth-order valence-electron chi connectivity index (χ4n) is 3.03. The number of ether oxygens (including phenoxy) is 1. The van der Waals surface area contributed by atoms with Crippen molar-refractivity contribution in [3.05, 3.63) is 0 Å². The van der Waals surface area contributed by atoms with Crippen LogP contribution in [-0.4, -0.2) is 17.2 Å². The predicted molar refractivity (Wildman–Crippen MR) is 41.8 cm³/mol. The first kappa shape index (κ1) is 6.87. The molecule has 0 amide bonds. The maximum Gasteiger partial charge on any atom is 0.194 e. The lowest BCUT2D eigenvalue weighted by Gasteiger charge is -2.20. The lowest BCUT2D eigenvalue weighted by atomic mass is 9.89. The third-order valence-corrected chi connectivity index (χ3v) is 4.80. The average molecular weight is 218 g/mol. The standard InChI is InChI=1S/C8H10BrO2/c9-6-3-1-4-5(2-3)8(10)11-7(4)6/h3-8H,1-2H2/t3?,4?,5?,6?,7?,8-/m0/s1. The van der Waals surface area contributed by atoms with Gasteiger partial charge in [0.2, 0.25) is 0 Å². The summed E-state index contributed by atoms with van der Waals surface area (Å²) in [6, 6.07) is 0. The van der Waals surface area contributed by atoms with Crippen LogP contribution in [0, 0.1) is 17.8 Å². The Kier molecular flexibility index (Phi) is 1.25. The number of hydrogen-bond acceptors (Lipinski definition) is 1. The molecule has 1 saturated heterocycles. The normalized spacial score (nSPS) is 66.0. The van der Waals surface area contributed by atoms with Crippen LogP contribution in [0.15, 0.2) is 0 Å². The van der Waals surface area contributed by atoms with Crippen LogP contribution in [0.1, 0.15) is 12.8 Å². The van der Waals surface area contributed by atoms with Crippen LogP contribution in [0.25, 0.3) is 0 Å². The third kappa shape index (κ3) is 0.699. The molecule has 0 aromatic heterocycles. The van der Waals surface area contributed by atoms with Crippen molar-refractivity contribution < 1.29 is 9.84 Å². The highest BCUT2D eigenvalue weighted by atomic mass is 79.9. The van der Waals surface area contributed by atoms with Gasteiger partial charge in [-0.3, -0.25) is 0 Å². The molecule has 3 aliphatic rings. The first-order valence-corrected chi connectivity index (χ1v) is 5.14. The second-order valence-corrected chi connectivity index (χ2v) is 5.03. The molecule has 0 N–H and O–H groups in total. The summed E-state index contributed by atoms with van der Waals surface area (Å²) in [5.41, 5.74) is 0. The minimum absolute atomic E-state index is 0.251. The van der Waals surface area contributed by atoms with Gasteiger partial charge >= 0.3 is 0 Å². The zero-order chi connectivity index (χ0) is 7.59. The molecule has 2 saturated carbocycles.